The summed E-state index contributed by atoms with van der Waals surface area (Å²) in [6, 6.07) is 3.44. The molecule has 1 unspecified atom stereocenters. The van der Waals surface area contributed by atoms with E-state index in [0.29, 0.717) is 12.1 Å². The highest BCUT2D eigenvalue weighted by molar-refractivity contribution is 6.31. The van der Waals surface area contributed by atoms with Crippen molar-refractivity contribution in [1.29, 1.82) is 0 Å². The van der Waals surface area contributed by atoms with Gasteiger partial charge in [0.25, 0.3) is 0 Å². The van der Waals surface area contributed by atoms with Gasteiger partial charge in [-0.3, -0.25) is 0 Å². The molecule has 1 heterocycles. The van der Waals surface area contributed by atoms with Crippen molar-refractivity contribution >= 4 is 17.3 Å². The summed E-state index contributed by atoms with van der Waals surface area (Å²) in [7, 11) is 0. The number of halogens is 4. The Balaban J connectivity index is 2.37. The minimum Gasteiger partial charge on any atom is -0.374 e. The van der Waals surface area contributed by atoms with Gasteiger partial charge in [-0.1, -0.05) is 25.4 Å². The molecule has 117 valence electrons. The third-order valence-electron chi connectivity index (χ3n) is 3.62. The first-order valence-electron chi connectivity index (χ1n) is 6.81. The fraction of sp³-hybridized carbons (Fsp3) is 0.533. The summed E-state index contributed by atoms with van der Waals surface area (Å²) in [6.45, 7) is 3.95. The monoisotopic (exact) mass is 320 g/mol. The number of aliphatic hydroxyl groups excluding tert-OH is 1. The molecule has 2 rings (SSSR count). The maximum absolute atomic E-state index is 12.9. The van der Waals surface area contributed by atoms with E-state index in [-0.39, 0.29) is 11.1 Å². The smallest absolute Gasteiger partial charge is 0.374 e. The second kappa shape index (κ2) is 6.05. The number of nitrogens with zero attached hydrogens (tertiary/aromatic N) is 1. The van der Waals surface area contributed by atoms with Crippen molar-refractivity contribution in [3.8, 4) is 0 Å². The number of hydrogen-bond acceptors (Lipinski definition) is 2. The zero-order valence-corrected chi connectivity index (χ0v) is 12.7. The van der Waals surface area contributed by atoms with Gasteiger partial charge >= 0.3 is 6.18 Å². The highest BCUT2D eigenvalue weighted by atomic mass is 35.5. The van der Waals surface area contributed by atoms with E-state index in [1.807, 2.05) is 13.8 Å². The van der Waals surface area contributed by atoms with Crippen LogP contribution in [-0.4, -0.2) is 17.4 Å². The normalized spacial score (nSPS) is 23.1. The quantitative estimate of drug-likeness (QED) is 0.876. The van der Waals surface area contributed by atoms with Crippen molar-refractivity contribution in [1.82, 2.24) is 0 Å². The average Bonchev–Trinajstić information content (AvgIpc) is 2.67. The van der Waals surface area contributed by atoms with Crippen molar-refractivity contribution in [2.45, 2.75) is 51.6 Å². The number of aliphatic hydroxyl groups is 1. The number of anilines is 1. The standard InChI is InChI=1S/C15H18ClF3NO/c1-9(2)5-12-3-4-14(21)20(12)13-7-10(15(17,18)19)6-11(16)8-13/h6-8,12,14,21H,3-5H2,1-2H3/t12-,14?/m1/s1. The van der Waals surface area contributed by atoms with Crippen LogP contribution in [0.1, 0.15) is 38.7 Å². The van der Waals surface area contributed by atoms with Gasteiger partial charge < -0.3 is 10.0 Å². The summed E-state index contributed by atoms with van der Waals surface area (Å²) < 4.78 is 38.7. The highest BCUT2D eigenvalue weighted by Gasteiger charge is 2.36. The fourth-order valence-corrected chi connectivity index (χ4v) is 3.03. The molecule has 1 aromatic carbocycles. The first-order chi connectivity index (χ1) is 9.68. The van der Waals surface area contributed by atoms with Gasteiger partial charge in [-0.15, -0.1) is 0 Å². The summed E-state index contributed by atoms with van der Waals surface area (Å²) in [5, 5.41) is 10.1. The molecule has 1 radical (unpaired) electrons. The molecular formula is C15H18ClF3NO. The maximum atomic E-state index is 12.9. The Morgan fingerprint density at radius 2 is 1.95 bits per heavy atom. The Kier molecular flexibility index (Phi) is 4.73. The van der Waals surface area contributed by atoms with Gasteiger partial charge in [0.15, 0.2) is 0 Å². The Bertz CT molecular complexity index is 504. The van der Waals surface area contributed by atoms with E-state index in [9.17, 15) is 18.3 Å². The third-order valence-corrected chi connectivity index (χ3v) is 3.84. The first kappa shape index (κ1) is 16.4. The molecule has 1 aromatic rings. The number of rotatable bonds is 3. The predicted octanol–water partition coefficient (Wildman–Crippen LogP) is 4.65. The van der Waals surface area contributed by atoms with Crippen molar-refractivity contribution in [3.63, 3.8) is 0 Å². The lowest BCUT2D eigenvalue weighted by Crippen LogP contribution is -2.36. The summed E-state index contributed by atoms with van der Waals surface area (Å²) >= 11 is 5.82. The van der Waals surface area contributed by atoms with Crippen LogP contribution in [0.5, 0.6) is 0 Å². The Morgan fingerprint density at radius 3 is 2.52 bits per heavy atom. The van der Waals surface area contributed by atoms with E-state index in [1.54, 1.807) is 4.90 Å². The van der Waals surface area contributed by atoms with Crippen LogP contribution in [0.4, 0.5) is 18.9 Å². The zero-order valence-electron chi connectivity index (χ0n) is 11.9. The van der Waals surface area contributed by atoms with Crippen molar-refractivity contribution < 1.29 is 18.3 Å². The van der Waals surface area contributed by atoms with Crippen LogP contribution >= 0.6 is 11.6 Å². The minimum absolute atomic E-state index is 0.00421. The first-order valence-corrected chi connectivity index (χ1v) is 7.19. The molecule has 2 nitrogen and oxygen atoms in total. The van der Waals surface area contributed by atoms with Crippen LogP contribution in [-0.2, 0) is 6.18 Å². The number of benzene rings is 1. The average molecular weight is 321 g/mol. The van der Waals surface area contributed by atoms with Crippen LogP contribution < -0.4 is 4.90 Å². The summed E-state index contributed by atoms with van der Waals surface area (Å²) in [5.41, 5.74) is -0.467. The molecule has 1 saturated heterocycles. The Labute approximate surface area is 127 Å². The third kappa shape index (κ3) is 3.83. The maximum Gasteiger partial charge on any atom is 0.416 e. The lowest BCUT2D eigenvalue weighted by Gasteiger charge is -2.31. The van der Waals surface area contributed by atoms with Crippen molar-refractivity contribution in [2.75, 3.05) is 4.90 Å². The lowest BCUT2D eigenvalue weighted by molar-refractivity contribution is -0.137. The van der Waals surface area contributed by atoms with E-state index in [4.69, 9.17) is 11.6 Å². The molecule has 6 heteroatoms. The van der Waals surface area contributed by atoms with Gasteiger partial charge in [0.05, 0.1) is 5.56 Å². The minimum atomic E-state index is -4.45. The molecule has 0 saturated carbocycles. The molecule has 1 N–H and O–H groups in total. The molecule has 1 fully saturated rings. The summed E-state index contributed by atoms with van der Waals surface area (Å²) in [6.07, 6.45) is -3.18. The van der Waals surface area contributed by atoms with Gasteiger partial charge in [0, 0.05) is 16.8 Å². The van der Waals surface area contributed by atoms with E-state index in [1.165, 1.54) is 12.0 Å². The Hall–Kier alpha value is -0.940. The van der Waals surface area contributed by atoms with Crippen molar-refractivity contribution in [3.05, 3.63) is 34.7 Å². The van der Waals surface area contributed by atoms with E-state index < -0.39 is 18.0 Å². The number of hydrogen-bond donors (Lipinski definition) is 1. The molecule has 0 amide bonds. The molecule has 2 atom stereocenters. The second-order valence-electron chi connectivity index (χ2n) is 5.73. The molecule has 0 aromatic heterocycles. The van der Waals surface area contributed by atoms with Gasteiger partial charge in [-0.25, -0.2) is 0 Å². The molecular weight excluding hydrogens is 303 g/mol. The van der Waals surface area contributed by atoms with E-state index in [0.717, 1.165) is 25.0 Å². The van der Waals surface area contributed by atoms with Gasteiger partial charge in [-0.05, 0) is 43.4 Å². The Morgan fingerprint density at radius 1 is 1.29 bits per heavy atom. The van der Waals surface area contributed by atoms with Gasteiger partial charge in [0.1, 0.15) is 6.23 Å². The van der Waals surface area contributed by atoms with Crippen LogP contribution in [0.2, 0.25) is 5.02 Å². The van der Waals surface area contributed by atoms with Crippen LogP contribution in [0.3, 0.4) is 0 Å². The zero-order chi connectivity index (χ0) is 15.8. The van der Waals surface area contributed by atoms with Gasteiger partial charge in [0.2, 0.25) is 0 Å². The summed E-state index contributed by atoms with van der Waals surface area (Å²) in [5.74, 6) is 1.18. The van der Waals surface area contributed by atoms with Gasteiger partial charge in [-0.2, -0.15) is 13.2 Å². The second-order valence-corrected chi connectivity index (χ2v) is 6.16. The molecule has 0 bridgehead atoms. The fourth-order valence-electron chi connectivity index (χ4n) is 2.80. The topological polar surface area (TPSA) is 23.5 Å². The highest BCUT2D eigenvalue weighted by Crippen LogP contribution is 2.38. The van der Waals surface area contributed by atoms with Crippen molar-refractivity contribution in [2.24, 2.45) is 0 Å². The van der Waals surface area contributed by atoms with E-state index >= 15 is 0 Å². The van der Waals surface area contributed by atoms with Crippen LogP contribution in [0.15, 0.2) is 18.2 Å². The molecule has 0 aliphatic carbocycles. The SMILES string of the molecule is C[C](C)C[C@H]1CCC(O)N1c1cc(Cl)cc(C(F)(F)F)c1. The molecule has 1 aliphatic heterocycles. The summed E-state index contributed by atoms with van der Waals surface area (Å²) in [4.78, 5) is 1.65. The van der Waals surface area contributed by atoms with E-state index in [2.05, 4.69) is 0 Å². The molecule has 1 aliphatic rings. The largest absolute Gasteiger partial charge is 0.416 e. The van der Waals surface area contributed by atoms with Crippen LogP contribution in [0.25, 0.3) is 0 Å². The molecule has 0 spiro atoms. The number of alkyl halides is 3. The molecule has 21 heavy (non-hydrogen) atoms. The predicted molar refractivity (Wildman–Crippen MR) is 77.2 cm³/mol. The lowest BCUT2D eigenvalue weighted by atomic mass is 10.0. The van der Waals surface area contributed by atoms with Crippen LogP contribution in [0, 0.1) is 5.92 Å².